The number of ether oxygens (including phenoxy) is 1. The van der Waals surface area contributed by atoms with Crippen LogP contribution in [-0.4, -0.2) is 26.4 Å². The third kappa shape index (κ3) is 4.81. The lowest BCUT2D eigenvalue weighted by molar-refractivity contribution is 0.0178. The number of hydrogen-bond donors (Lipinski definition) is 0. The molecule has 0 bridgehead atoms. The molecule has 1 aliphatic heterocycles. The van der Waals surface area contributed by atoms with Crippen LogP contribution in [-0.2, 0) is 14.6 Å². The van der Waals surface area contributed by atoms with Gasteiger partial charge in [0.05, 0.1) is 22.9 Å². The van der Waals surface area contributed by atoms with Crippen LogP contribution in [0, 0.1) is 5.92 Å². The van der Waals surface area contributed by atoms with Gasteiger partial charge in [0.1, 0.15) is 0 Å². The molecule has 0 spiro atoms. The second-order valence-corrected chi connectivity index (χ2v) is 8.72. The number of sulfone groups is 1. The van der Waals surface area contributed by atoms with Gasteiger partial charge in [-0.2, -0.15) is 0 Å². The average Bonchev–Trinajstić information content (AvgIpc) is 2.55. The molecule has 2 rings (SSSR count). The second-order valence-electron chi connectivity index (χ2n) is 6.69. The zero-order chi connectivity index (χ0) is 17.7. The van der Waals surface area contributed by atoms with Crippen molar-refractivity contribution >= 4 is 9.84 Å². The van der Waals surface area contributed by atoms with Crippen LogP contribution < -0.4 is 0 Å². The number of rotatable bonds is 6. The molecule has 0 aliphatic carbocycles. The van der Waals surface area contributed by atoms with Crippen LogP contribution in [0.5, 0.6) is 0 Å². The van der Waals surface area contributed by atoms with E-state index in [9.17, 15) is 8.42 Å². The summed E-state index contributed by atoms with van der Waals surface area (Å²) in [5, 5.41) is 0. The van der Waals surface area contributed by atoms with E-state index in [0.29, 0.717) is 4.90 Å². The molecule has 0 fully saturated rings. The van der Waals surface area contributed by atoms with Gasteiger partial charge < -0.3 is 4.74 Å². The summed E-state index contributed by atoms with van der Waals surface area (Å²) >= 11 is 0. The van der Waals surface area contributed by atoms with E-state index >= 15 is 0 Å². The normalized spacial score (nSPS) is 23.7. The molecule has 4 heteroatoms. The summed E-state index contributed by atoms with van der Waals surface area (Å²) in [6.45, 7) is 8.22. The van der Waals surface area contributed by atoms with Crippen LogP contribution >= 0.6 is 0 Å². The molecular formula is C20H28O3S. The molecule has 3 atom stereocenters. The van der Waals surface area contributed by atoms with Crippen molar-refractivity contribution in [3.8, 4) is 0 Å². The number of hydrogen-bond acceptors (Lipinski definition) is 3. The summed E-state index contributed by atoms with van der Waals surface area (Å²) in [5.74, 6) is 0.0681. The molecule has 0 saturated carbocycles. The van der Waals surface area contributed by atoms with Gasteiger partial charge in [-0.3, -0.25) is 0 Å². The summed E-state index contributed by atoms with van der Waals surface area (Å²) in [6, 6.07) is 8.65. The van der Waals surface area contributed by atoms with Gasteiger partial charge in [-0.05, 0) is 55.9 Å². The van der Waals surface area contributed by atoms with Crippen LogP contribution in [0.1, 0.15) is 40.5 Å². The van der Waals surface area contributed by atoms with Crippen LogP contribution in [0.4, 0.5) is 0 Å². The molecule has 0 amide bonds. The first-order valence-corrected chi connectivity index (χ1v) is 10.3. The molecule has 0 radical (unpaired) electrons. The average molecular weight is 349 g/mol. The first-order valence-electron chi connectivity index (χ1n) is 8.61. The molecular weight excluding hydrogens is 320 g/mol. The van der Waals surface area contributed by atoms with Gasteiger partial charge in [0, 0.05) is 0 Å². The van der Waals surface area contributed by atoms with Crippen molar-refractivity contribution in [2.75, 3.05) is 5.75 Å². The molecule has 0 saturated heterocycles. The Labute approximate surface area is 146 Å². The topological polar surface area (TPSA) is 43.4 Å². The maximum Gasteiger partial charge on any atom is 0.178 e. The summed E-state index contributed by atoms with van der Waals surface area (Å²) in [6.07, 6.45) is 6.35. The van der Waals surface area contributed by atoms with E-state index in [0.717, 1.165) is 18.4 Å². The maximum absolute atomic E-state index is 12.5. The third-order valence-corrected chi connectivity index (χ3v) is 6.46. The van der Waals surface area contributed by atoms with Gasteiger partial charge in [-0.15, -0.1) is 0 Å². The predicted molar refractivity (Wildman–Crippen MR) is 98.7 cm³/mol. The highest BCUT2D eigenvalue weighted by molar-refractivity contribution is 7.91. The molecule has 1 aromatic carbocycles. The van der Waals surface area contributed by atoms with E-state index in [1.54, 1.807) is 24.3 Å². The molecule has 0 unspecified atom stereocenters. The Balaban J connectivity index is 2.05. The van der Waals surface area contributed by atoms with E-state index in [1.807, 2.05) is 26.0 Å². The number of allylic oxidation sites excluding steroid dienone is 1. The number of benzene rings is 1. The minimum absolute atomic E-state index is 0.0501. The zero-order valence-corrected chi connectivity index (χ0v) is 15.8. The highest BCUT2D eigenvalue weighted by atomic mass is 32.2. The van der Waals surface area contributed by atoms with E-state index in [4.69, 9.17) is 4.74 Å². The van der Waals surface area contributed by atoms with Gasteiger partial charge in [-0.1, -0.05) is 44.2 Å². The predicted octanol–water partition coefficient (Wildman–Crippen LogP) is 4.56. The van der Waals surface area contributed by atoms with Gasteiger partial charge >= 0.3 is 0 Å². The summed E-state index contributed by atoms with van der Waals surface area (Å²) in [7, 11) is -3.26. The van der Waals surface area contributed by atoms with E-state index in [1.165, 1.54) is 5.57 Å². The lowest BCUT2D eigenvalue weighted by Crippen LogP contribution is -2.28. The van der Waals surface area contributed by atoms with Crippen LogP contribution in [0.2, 0.25) is 0 Å². The molecule has 132 valence electrons. The van der Waals surface area contributed by atoms with Crippen molar-refractivity contribution in [2.45, 2.75) is 57.6 Å². The van der Waals surface area contributed by atoms with Gasteiger partial charge in [0.2, 0.25) is 0 Å². The van der Waals surface area contributed by atoms with Crippen molar-refractivity contribution in [1.29, 1.82) is 0 Å². The summed E-state index contributed by atoms with van der Waals surface area (Å²) in [5.41, 5.74) is 2.41. The zero-order valence-electron chi connectivity index (χ0n) is 15.0. The quantitative estimate of drug-likeness (QED) is 0.708. The van der Waals surface area contributed by atoms with E-state index in [-0.39, 0.29) is 23.9 Å². The smallest absolute Gasteiger partial charge is 0.178 e. The molecule has 1 aliphatic rings. The lowest BCUT2D eigenvalue weighted by Gasteiger charge is -2.30. The minimum atomic E-state index is -3.26. The Kier molecular flexibility index (Phi) is 6.41. The largest absolute Gasteiger partial charge is 0.366 e. The van der Waals surface area contributed by atoms with E-state index < -0.39 is 9.84 Å². The highest BCUT2D eigenvalue weighted by Gasteiger charge is 2.23. The summed E-state index contributed by atoms with van der Waals surface area (Å²) in [4.78, 5) is 0.390. The monoisotopic (exact) mass is 348 g/mol. The second kappa shape index (κ2) is 8.13. The molecule has 24 heavy (non-hydrogen) atoms. The van der Waals surface area contributed by atoms with Crippen LogP contribution in [0.25, 0.3) is 0 Å². The standard InChI is InChI=1S/C20H28O3S/c1-5-19-16(3)11-12-20(23-19)17(4)13-15(2)14-24(21,22)18-9-7-6-8-10-18/h6-11,13,15,19-20H,5,12,14H2,1-4H3/b17-13+/t15-,19+,20+/m0/s1. The minimum Gasteiger partial charge on any atom is -0.366 e. The van der Waals surface area contributed by atoms with Gasteiger partial charge in [0.25, 0.3) is 0 Å². The Bertz CT molecular complexity index is 702. The van der Waals surface area contributed by atoms with Crippen LogP contribution in [0.3, 0.4) is 0 Å². The first kappa shape index (κ1) is 18.9. The van der Waals surface area contributed by atoms with Crippen molar-refractivity contribution in [3.63, 3.8) is 0 Å². The van der Waals surface area contributed by atoms with Gasteiger partial charge in [-0.25, -0.2) is 8.42 Å². The fourth-order valence-corrected chi connectivity index (χ4v) is 4.72. The van der Waals surface area contributed by atoms with Crippen molar-refractivity contribution in [1.82, 2.24) is 0 Å². The Morgan fingerprint density at radius 1 is 1.33 bits per heavy atom. The van der Waals surface area contributed by atoms with E-state index in [2.05, 4.69) is 19.9 Å². The van der Waals surface area contributed by atoms with Crippen molar-refractivity contribution < 1.29 is 13.2 Å². The Morgan fingerprint density at radius 3 is 2.62 bits per heavy atom. The third-order valence-electron chi connectivity index (χ3n) is 4.50. The van der Waals surface area contributed by atoms with Crippen molar-refractivity contribution in [3.05, 3.63) is 53.6 Å². The Hall–Kier alpha value is -1.39. The molecule has 0 aromatic heterocycles. The lowest BCUT2D eigenvalue weighted by atomic mass is 9.97. The molecule has 0 N–H and O–H groups in total. The highest BCUT2D eigenvalue weighted by Crippen LogP contribution is 2.26. The molecule has 1 heterocycles. The molecule has 3 nitrogen and oxygen atoms in total. The fourth-order valence-electron chi connectivity index (χ4n) is 3.17. The van der Waals surface area contributed by atoms with Gasteiger partial charge in [0.15, 0.2) is 9.84 Å². The fraction of sp³-hybridized carbons (Fsp3) is 0.500. The SMILES string of the molecule is CC[C@H]1O[C@@H](/C(C)=C/[C@H](C)CS(=O)(=O)c2ccccc2)CC=C1C. The van der Waals surface area contributed by atoms with Crippen molar-refractivity contribution in [2.24, 2.45) is 5.92 Å². The maximum atomic E-state index is 12.5. The summed E-state index contributed by atoms with van der Waals surface area (Å²) < 4.78 is 31.1. The molecule has 1 aromatic rings. The van der Waals surface area contributed by atoms with Crippen LogP contribution in [0.15, 0.2) is 58.5 Å². The first-order chi connectivity index (χ1) is 11.3. The Morgan fingerprint density at radius 2 is 2.00 bits per heavy atom.